The van der Waals surface area contributed by atoms with Crippen LogP contribution in [0, 0.1) is 0 Å². The molecule has 0 aliphatic carbocycles. The Morgan fingerprint density at radius 3 is 2.75 bits per heavy atom. The third-order valence-corrected chi connectivity index (χ3v) is 3.41. The molecule has 1 atom stereocenters. The van der Waals surface area contributed by atoms with Crippen molar-refractivity contribution in [3.63, 3.8) is 0 Å². The molecule has 1 rings (SSSR count). The van der Waals surface area contributed by atoms with Crippen LogP contribution in [-0.2, 0) is 0 Å². The van der Waals surface area contributed by atoms with Gasteiger partial charge in [-0.25, -0.2) is 4.79 Å². The number of hydrogen-bond donors (Lipinski definition) is 2. The van der Waals surface area contributed by atoms with Crippen molar-refractivity contribution >= 4 is 34.5 Å². The van der Waals surface area contributed by atoms with Crippen LogP contribution in [-0.4, -0.2) is 16.8 Å². The second-order valence-electron chi connectivity index (χ2n) is 3.65. The van der Waals surface area contributed by atoms with E-state index in [1.165, 1.54) is 0 Å². The van der Waals surface area contributed by atoms with E-state index in [0.717, 1.165) is 28.6 Å². The van der Waals surface area contributed by atoms with E-state index in [4.69, 9.17) is 5.11 Å². The maximum Gasteiger partial charge on any atom is 0.336 e. The van der Waals surface area contributed by atoms with Crippen molar-refractivity contribution in [2.75, 3.05) is 5.75 Å². The number of hydrogen-bond acceptors (Lipinski definition) is 2. The molecule has 0 radical (unpaired) electrons. The first-order valence-corrected chi connectivity index (χ1v) is 6.66. The summed E-state index contributed by atoms with van der Waals surface area (Å²) < 4.78 is 0.800. The number of carboxylic acid groups (broad SMARTS) is 1. The summed E-state index contributed by atoms with van der Waals surface area (Å²) in [5.41, 5.74) is 1.30. The standard InChI is InChI=1S/C12H15BrO2S/c1-2-8(5-6-16)10-4-3-9(13)7-11(10)12(14)15/h3-4,7-8,16H,2,5-6H2,1H3,(H,14,15). The predicted octanol–water partition coefficient (Wildman–Crippen LogP) is 3.96. The lowest BCUT2D eigenvalue weighted by molar-refractivity contribution is 0.0695. The summed E-state index contributed by atoms with van der Waals surface area (Å²) in [5.74, 6) is 0.179. The van der Waals surface area contributed by atoms with Crippen LogP contribution in [0.1, 0.15) is 41.6 Å². The van der Waals surface area contributed by atoms with Gasteiger partial charge in [0.25, 0.3) is 0 Å². The minimum atomic E-state index is -0.867. The van der Waals surface area contributed by atoms with Crippen LogP contribution in [0.25, 0.3) is 0 Å². The van der Waals surface area contributed by atoms with Gasteiger partial charge >= 0.3 is 5.97 Å². The van der Waals surface area contributed by atoms with Gasteiger partial charge in [0, 0.05) is 4.47 Å². The molecule has 0 bridgehead atoms. The molecule has 0 saturated heterocycles. The fraction of sp³-hybridized carbons (Fsp3) is 0.417. The van der Waals surface area contributed by atoms with Gasteiger partial charge in [0.05, 0.1) is 5.56 Å². The van der Waals surface area contributed by atoms with Crippen molar-refractivity contribution < 1.29 is 9.90 Å². The molecule has 88 valence electrons. The van der Waals surface area contributed by atoms with Crippen LogP contribution in [0.15, 0.2) is 22.7 Å². The van der Waals surface area contributed by atoms with Gasteiger partial charge in [-0.3, -0.25) is 0 Å². The molecule has 0 saturated carbocycles. The topological polar surface area (TPSA) is 37.3 Å². The summed E-state index contributed by atoms with van der Waals surface area (Å²) in [7, 11) is 0. The zero-order valence-corrected chi connectivity index (χ0v) is 11.6. The minimum Gasteiger partial charge on any atom is -0.478 e. The SMILES string of the molecule is CCC(CCS)c1ccc(Br)cc1C(=O)O. The third-order valence-electron chi connectivity index (χ3n) is 2.66. The van der Waals surface area contributed by atoms with E-state index in [2.05, 4.69) is 35.5 Å². The maximum absolute atomic E-state index is 11.2. The zero-order valence-electron chi connectivity index (χ0n) is 9.11. The Hall–Kier alpha value is -0.480. The van der Waals surface area contributed by atoms with Crippen molar-refractivity contribution in [2.45, 2.75) is 25.7 Å². The van der Waals surface area contributed by atoms with Gasteiger partial charge in [-0.05, 0) is 42.2 Å². The van der Waals surface area contributed by atoms with Crippen molar-refractivity contribution in [1.29, 1.82) is 0 Å². The van der Waals surface area contributed by atoms with Gasteiger partial charge in [-0.15, -0.1) is 0 Å². The van der Waals surface area contributed by atoms with Gasteiger partial charge in [-0.1, -0.05) is 28.9 Å². The number of carboxylic acids is 1. The van der Waals surface area contributed by atoms with E-state index in [-0.39, 0.29) is 5.92 Å². The summed E-state index contributed by atoms with van der Waals surface area (Å²) in [6.07, 6.45) is 1.84. The molecule has 1 aromatic rings. The summed E-state index contributed by atoms with van der Waals surface area (Å²) in [4.78, 5) is 11.2. The Morgan fingerprint density at radius 1 is 1.56 bits per heavy atom. The highest BCUT2D eigenvalue weighted by Gasteiger charge is 2.17. The Kier molecular flexibility index (Phi) is 5.35. The van der Waals surface area contributed by atoms with Gasteiger partial charge in [-0.2, -0.15) is 12.6 Å². The van der Waals surface area contributed by atoms with Crippen LogP contribution >= 0.6 is 28.6 Å². The van der Waals surface area contributed by atoms with Gasteiger partial charge in [0.1, 0.15) is 0 Å². The Bertz CT molecular complexity index is 379. The van der Waals surface area contributed by atoms with Gasteiger partial charge in [0.15, 0.2) is 0 Å². The smallest absolute Gasteiger partial charge is 0.336 e. The molecule has 1 unspecified atom stereocenters. The molecular formula is C12H15BrO2S. The summed E-state index contributed by atoms with van der Waals surface area (Å²) in [6, 6.07) is 5.45. The van der Waals surface area contributed by atoms with Gasteiger partial charge < -0.3 is 5.11 Å². The van der Waals surface area contributed by atoms with E-state index >= 15 is 0 Å². The van der Waals surface area contributed by atoms with Crippen LogP contribution in [0.5, 0.6) is 0 Å². The van der Waals surface area contributed by atoms with E-state index < -0.39 is 5.97 Å². The maximum atomic E-state index is 11.2. The number of halogens is 1. The van der Waals surface area contributed by atoms with Gasteiger partial charge in [0.2, 0.25) is 0 Å². The first-order valence-electron chi connectivity index (χ1n) is 5.23. The Labute approximate surface area is 110 Å². The predicted molar refractivity (Wildman–Crippen MR) is 72.6 cm³/mol. The average molecular weight is 303 g/mol. The number of rotatable bonds is 5. The first-order chi connectivity index (χ1) is 7.60. The summed E-state index contributed by atoms with van der Waals surface area (Å²) in [6.45, 7) is 2.07. The van der Waals surface area contributed by atoms with Crippen molar-refractivity contribution in [1.82, 2.24) is 0 Å². The lowest BCUT2D eigenvalue weighted by Gasteiger charge is -2.16. The zero-order chi connectivity index (χ0) is 12.1. The molecule has 1 N–H and O–H groups in total. The fourth-order valence-electron chi connectivity index (χ4n) is 1.81. The quantitative estimate of drug-likeness (QED) is 0.808. The minimum absolute atomic E-state index is 0.275. The van der Waals surface area contributed by atoms with E-state index in [9.17, 15) is 4.79 Å². The Balaban J connectivity index is 3.14. The largest absolute Gasteiger partial charge is 0.478 e. The molecule has 1 aromatic carbocycles. The monoisotopic (exact) mass is 302 g/mol. The van der Waals surface area contributed by atoms with Crippen molar-refractivity contribution in [3.8, 4) is 0 Å². The molecular weight excluding hydrogens is 288 g/mol. The number of benzene rings is 1. The van der Waals surface area contributed by atoms with Crippen LogP contribution in [0.3, 0.4) is 0 Å². The molecule has 16 heavy (non-hydrogen) atoms. The summed E-state index contributed by atoms with van der Waals surface area (Å²) >= 11 is 7.51. The molecule has 0 heterocycles. The highest BCUT2D eigenvalue weighted by Crippen LogP contribution is 2.29. The van der Waals surface area contributed by atoms with Crippen LogP contribution < -0.4 is 0 Å². The normalized spacial score (nSPS) is 12.4. The fourth-order valence-corrected chi connectivity index (χ4v) is 2.48. The summed E-state index contributed by atoms with van der Waals surface area (Å²) in [5, 5.41) is 9.16. The Morgan fingerprint density at radius 2 is 2.25 bits per heavy atom. The highest BCUT2D eigenvalue weighted by molar-refractivity contribution is 9.10. The molecule has 0 fully saturated rings. The average Bonchev–Trinajstić information content (AvgIpc) is 2.26. The molecule has 0 aromatic heterocycles. The van der Waals surface area contributed by atoms with E-state index in [0.29, 0.717) is 5.56 Å². The van der Waals surface area contributed by atoms with E-state index in [1.54, 1.807) is 6.07 Å². The lowest BCUT2D eigenvalue weighted by atomic mass is 9.90. The molecule has 0 aliphatic heterocycles. The van der Waals surface area contributed by atoms with Crippen molar-refractivity contribution in [3.05, 3.63) is 33.8 Å². The molecule has 2 nitrogen and oxygen atoms in total. The second-order valence-corrected chi connectivity index (χ2v) is 5.02. The van der Waals surface area contributed by atoms with Crippen LogP contribution in [0.2, 0.25) is 0 Å². The van der Waals surface area contributed by atoms with Crippen LogP contribution in [0.4, 0.5) is 0 Å². The molecule has 0 spiro atoms. The third kappa shape index (κ3) is 3.25. The molecule has 0 aliphatic rings. The number of thiol groups is 1. The number of carbonyl (C=O) groups is 1. The number of aromatic carboxylic acids is 1. The highest BCUT2D eigenvalue weighted by atomic mass is 79.9. The van der Waals surface area contributed by atoms with E-state index in [1.807, 2.05) is 12.1 Å². The lowest BCUT2D eigenvalue weighted by Crippen LogP contribution is -2.07. The first kappa shape index (κ1) is 13.6. The molecule has 0 amide bonds. The second kappa shape index (κ2) is 6.30. The van der Waals surface area contributed by atoms with Crippen molar-refractivity contribution in [2.24, 2.45) is 0 Å². The molecule has 4 heteroatoms.